The Morgan fingerprint density at radius 2 is 1.50 bits per heavy atom. The van der Waals surface area contributed by atoms with Crippen molar-refractivity contribution in [2.45, 2.75) is 6.92 Å². The molecule has 72 valence electrons. The van der Waals surface area contributed by atoms with Crippen LogP contribution in [0.1, 0.15) is 27.6 Å². The first-order valence-electron chi connectivity index (χ1n) is 4.22. The zero-order valence-electron chi connectivity index (χ0n) is 7.91. The lowest BCUT2D eigenvalue weighted by molar-refractivity contribution is 0.0879. The zero-order chi connectivity index (χ0) is 10.6. The van der Waals surface area contributed by atoms with Gasteiger partial charge in [-0.3, -0.25) is 14.9 Å². The normalized spacial score (nSPS) is 12.4. The molecule has 0 saturated heterocycles. The van der Waals surface area contributed by atoms with Crippen LogP contribution in [0.25, 0.3) is 0 Å². The second-order valence-corrected chi connectivity index (χ2v) is 2.74. The third-order valence-corrected chi connectivity index (χ3v) is 1.64. The molecule has 3 heteroatoms. The number of nitrogens with one attached hydrogen (secondary N) is 1. The molecule has 1 aromatic rings. The quantitative estimate of drug-likeness (QED) is 0.499. The van der Waals surface area contributed by atoms with Crippen LogP contribution in [-0.2, 0) is 0 Å². The summed E-state index contributed by atoms with van der Waals surface area (Å²) in [5.74, 6) is -0.601. The Kier molecular flexibility index (Phi) is 3.18. The molecule has 2 rings (SSSR count). The van der Waals surface area contributed by atoms with E-state index >= 15 is 0 Å². The Hall–Kier alpha value is -1.90. The van der Waals surface area contributed by atoms with Crippen molar-refractivity contribution in [3.05, 3.63) is 48.0 Å². The van der Waals surface area contributed by atoms with Crippen molar-refractivity contribution in [3.8, 4) is 0 Å². The largest absolute Gasteiger partial charge is 0.288 e. The van der Waals surface area contributed by atoms with E-state index in [1.54, 1.807) is 30.3 Å². The number of hydrogen-bond donors (Lipinski definition) is 1. The lowest BCUT2D eigenvalue weighted by atomic mass is 10.1. The van der Waals surface area contributed by atoms with Gasteiger partial charge < -0.3 is 0 Å². The van der Waals surface area contributed by atoms with Crippen LogP contribution in [0.2, 0.25) is 0 Å². The number of carbonyl (C=O) groups excluding carboxylic acids is 2. The van der Waals surface area contributed by atoms with E-state index in [1.807, 2.05) is 6.92 Å². The molecule has 2 amide bonds. The summed E-state index contributed by atoms with van der Waals surface area (Å²) in [5, 5.41) is 2.20. The first-order valence-corrected chi connectivity index (χ1v) is 4.22. The number of imide groups is 1. The molecule has 1 N–H and O–H groups in total. The second-order valence-electron chi connectivity index (χ2n) is 2.74. The first kappa shape index (κ1) is 10.2. The third-order valence-electron chi connectivity index (χ3n) is 1.64. The molecule has 1 aliphatic rings. The smallest absolute Gasteiger partial charge is 0.258 e. The van der Waals surface area contributed by atoms with E-state index in [0.717, 1.165) is 0 Å². The molecule has 0 aromatic heterocycles. The number of fused-ring (bicyclic) bond motifs is 1. The molecule has 14 heavy (non-hydrogen) atoms. The van der Waals surface area contributed by atoms with E-state index in [9.17, 15) is 9.59 Å². The zero-order valence-corrected chi connectivity index (χ0v) is 7.91. The van der Waals surface area contributed by atoms with E-state index in [2.05, 4.69) is 11.9 Å². The summed E-state index contributed by atoms with van der Waals surface area (Å²) >= 11 is 0. The van der Waals surface area contributed by atoms with Crippen molar-refractivity contribution in [3.63, 3.8) is 0 Å². The van der Waals surface area contributed by atoms with Gasteiger partial charge in [0.2, 0.25) is 0 Å². The molecule has 0 fully saturated rings. The van der Waals surface area contributed by atoms with Gasteiger partial charge in [0.1, 0.15) is 0 Å². The highest BCUT2D eigenvalue weighted by Gasteiger charge is 2.25. The number of carbonyl (C=O) groups is 2. The van der Waals surface area contributed by atoms with Crippen LogP contribution in [0, 0.1) is 0 Å². The van der Waals surface area contributed by atoms with Crippen LogP contribution in [0.4, 0.5) is 0 Å². The van der Waals surface area contributed by atoms with Crippen LogP contribution in [0.3, 0.4) is 0 Å². The summed E-state index contributed by atoms with van der Waals surface area (Å²) in [6.07, 6.45) is 1.75. The van der Waals surface area contributed by atoms with Gasteiger partial charge in [-0.05, 0) is 19.1 Å². The van der Waals surface area contributed by atoms with E-state index in [1.165, 1.54) is 0 Å². The monoisotopic (exact) mass is 189 g/mol. The van der Waals surface area contributed by atoms with Gasteiger partial charge in [-0.1, -0.05) is 18.2 Å². The number of allylic oxidation sites excluding steroid dienone is 1. The average Bonchev–Trinajstić information content (AvgIpc) is 2.45. The minimum Gasteiger partial charge on any atom is -0.288 e. The van der Waals surface area contributed by atoms with Gasteiger partial charge in [-0.25, -0.2) is 0 Å². The minimum absolute atomic E-state index is 0.300. The summed E-state index contributed by atoms with van der Waals surface area (Å²) < 4.78 is 0. The molecule has 0 bridgehead atoms. The van der Waals surface area contributed by atoms with Crippen LogP contribution < -0.4 is 5.32 Å². The van der Waals surface area contributed by atoms with Crippen molar-refractivity contribution in [1.29, 1.82) is 0 Å². The highest BCUT2D eigenvalue weighted by atomic mass is 16.2. The number of amides is 2. The predicted octanol–water partition coefficient (Wildman–Crippen LogP) is 1.76. The van der Waals surface area contributed by atoms with Gasteiger partial charge in [0, 0.05) is 0 Å². The van der Waals surface area contributed by atoms with E-state index in [0.29, 0.717) is 11.1 Å². The fourth-order valence-corrected chi connectivity index (χ4v) is 1.12. The highest BCUT2D eigenvalue weighted by molar-refractivity contribution is 6.21. The molecule has 0 saturated carbocycles. The maximum absolute atomic E-state index is 10.9. The van der Waals surface area contributed by atoms with Gasteiger partial charge in [0.05, 0.1) is 11.1 Å². The molecule has 3 nitrogen and oxygen atoms in total. The first-order chi connectivity index (χ1) is 6.70. The summed E-state index contributed by atoms with van der Waals surface area (Å²) in [5.41, 5.74) is 0.940. The van der Waals surface area contributed by atoms with Crippen LogP contribution in [0.15, 0.2) is 36.9 Å². The molecule has 1 aromatic carbocycles. The third kappa shape index (κ3) is 1.88. The van der Waals surface area contributed by atoms with Gasteiger partial charge in [0.15, 0.2) is 0 Å². The van der Waals surface area contributed by atoms with Crippen molar-refractivity contribution in [2.75, 3.05) is 0 Å². The Bertz CT molecular complexity index is 350. The number of hydrogen-bond acceptors (Lipinski definition) is 2. The molecule has 0 unspecified atom stereocenters. The van der Waals surface area contributed by atoms with Crippen LogP contribution in [-0.4, -0.2) is 11.8 Å². The van der Waals surface area contributed by atoms with Crippen molar-refractivity contribution < 1.29 is 9.59 Å². The maximum Gasteiger partial charge on any atom is 0.258 e. The molecule has 1 heterocycles. The standard InChI is InChI=1S/C8H5NO2.C3H6/c10-7-5-3-1-2-4-6(5)8(11)9-7;1-3-2/h1-4H,(H,9,10,11);3H,1H2,2H3. The van der Waals surface area contributed by atoms with Crippen molar-refractivity contribution in [1.82, 2.24) is 5.32 Å². The molecule has 1 aliphatic heterocycles. The lowest BCUT2D eigenvalue weighted by Crippen LogP contribution is -2.19. The average molecular weight is 189 g/mol. The van der Waals surface area contributed by atoms with E-state index in [4.69, 9.17) is 0 Å². The fraction of sp³-hybridized carbons (Fsp3) is 0.0909. The minimum atomic E-state index is -0.300. The topological polar surface area (TPSA) is 46.2 Å². The Balaban J connectivity index is 0.000000293. The van der Waals surface area contributed by atoms with Crippen molar-refractivity contribution in [2.24, 2.45) is 0 Å². The second kappa shape index (κ2) is 4.37. The Labute approximate surface area is 82.4 Å². The molecule has 0 spiro atoms. The predicted molar refractivity (Wildman–Crippen MR) is 54.1 cm³/mol. The fourth-order valence-electron chi connectivity index (χ4n) is 1.12. The molecule has 0 radical (unpaired) electrons. The summed E-state index contributed by atoms with van der Waals surface area (Å²) in [6, 6.07) is 6.74. The lowest BCUT2D eigenvalue weighted by Gasteiger charge is -1.88. The van der Waals surface area contributed by atoms with Gasteiger partial charge in [0.25, 0.3) is 11.8 Å². The Morgan fingerprint density at radius 1 is 1.14 bits per heavy atom. The van der Waals surface area contributed by atoms with Gasteiger partial charge in [-0.2, -0.15) is 0 Å². The summed E-state index contributed by atoms with van der Waals surface area (Å²) in [4.78, 5) is 21.9. The van der Waals surface area contributed by atoms with E-state index < -0.39 is 0 Å². The molecule has 0 atom stereocenters. The van der Waals surface area contributed by atoms with Crippen LogP contribution in [0.5, 0.6) is 0 Å². The van der Waals surface area contributed by atoms with E-state index in [-0.39, 0.29) is 11.8 Å². The number of rotatable bonds is 0. The Morgan fingerprint density at radius 3 is 1.86 bits per heavy atom. The molecular weight excluding hydrogens is 178 g/mol. The SMILES string of the molecule is C=CC.O=C1NC(=O)c2ccccc21. The van der Waals surface area contributed by atoms with Gasteiger partial charge in [-0.15, -0.1) is 6.58 Å². The molecule has 0 aliphatic carbocycles. The highest BCUT2D eigenvalue weighted by Crippen LogP contribution is 2.13. The van der Waals surface area contributed by atoms with Crippen molar-refractivity contribution >= 4 is 11.8 Å². The van der Waals surface area contributed by atoms with Gasteiger partial charge >= 0.3 is 0 Å². The number of benzene rings is 1. The summed E-state index contributed by atoms with van der Waals surface area (Å²) in [6.45, 7) is 5.25. The summed E-state index contributed by atoms with van der Waals surface area (Å²) in [7, 11) is 0. The van der Waals surface area contributed by atoms with Crippen LogP contribution >= 0.6 is 0 Å². The maximum atomic E-state index is 10.9. The molecular formula is C11H11NO2.